The Kier molecular flexibility index (Phi) is 7.59. The third-order valence-electron chi connectivity index (χ3n) is 4.77. The molecule has 0 aliphatic heterocycles. The van der Waals surface area contributed by atoms with Crippen LogP contribution in [0.25, 0.3) is 0 Å². The third-order valence-corrected chi connectivity index (χ3v) is 6.17. The van der Waals surface area contributed by atoms with Crippen LogP contribution in [0, 0.1) is 10.1 Å². The van der Waals surface area contributed by atoms with E-state index in [1.807, 2.05) is 0 Å². The number of benzene rings is 3. The number of nitrogens with one attached hydrogen (secondary N) is 2. The van der Waals surface area contributed by atoms with Gasteiger partial charge in [-0.05, 0) is 30.3 Å². The molecule has 0 aliphatic carbocycles. The number of aromatic carboxylic acids is 1. The standard InChI is InChI=1S/C22H20N4O9S/c1-34-18-9-13(10-19(35-2)21(18)27)12-23-24-17-8-7-14(26(30)31)11-20(17)36(32,33)25-16-6-4-3-5-15(16)22(28)29/h3-12,24-25,27H,1-2H3,(H,28,29). The number of carboxylic acid groups (broad SMARTS) is 1. The Hall–Kier alpha value is -4.85. The summed E-state index contributed by atoms with van der Waals surface area (Å²) in [5, 5.41) is 34.6. The number of carboxylic acids is 1. The topological polar surface area (TPSA) is 190 Å². The normalized spacial score (nSPS) is 11.2. The summed E-state index contributed by atoms with van der Waals surface area (Å²) in [6.45, 7) is 0. The van der Waals surface area contributed by atoms with Crippen molar-refractivity contribution in [3.8, 4) is 17.2 Å². The Morgan fingerprint density at radius 1 is 1.06 bits per heavy atom. The van der Waals surface area contributed by atoms with Crippen molar-refractivity contribution in [3.63, 3.8) is 0 Å². The number of methoxy groups -OCH3 is 2. The van der Waals surface area contributed by atoms with Crippen LogP contribution in [0.15, 0.2) is 64.6 Å². The molecule has 36 heavy (non-hydrogen) atoms. The molecule has 3 aromatic rings. The van der Waals surface area contributed by atoms with E-state index in [1.165, 1.54) is 56.8 Å². The molecule has 0 unspecified atom stereocenters. The maximum Gasteiger partial charge on any atom is 0.337 e. The number of hydrogen-bond acceptors (Lipinski definition) is 10. The summed E-state index contributed by atoms with van der Waals surface area (Å²) in [5.41, 5.74) is 1.75. The molecule has 0 aromatic heterocycles. The molecule has 14 heteroatoms. The summed E-state index contributed by atoms with van der Waals surface area (Å²) in [6, 6.07) is 11.2. The molecule has 0 saturated carbocycles. The van der Waals surface area contributed by atoms with Gasteiger partial charge in [-0.25, -0.2) is 13.2 Å². The van der Waals surface area contributed by atoms with Crippen molar-refractivity contribution in [2.75, 3.05) is 24.4 Å². The summed E-state index contributed by atoms with van der Waals surface area (Å²) >= 11 is 0. The minimum absolute atomic E-state index is 0.107. The fraction of sp³-hybridized carbons (Fsp3) is 0.0909. The van der Waals surface area contributed by atoms with Gasteiger partial charge in [-0.3, -0.25) is 20.3 Å². The minimum atomic E-state index is -4.51. The molecule has 0 bridgehead atoms. The molecule has 0 aliphatic rings. The molecular formula is C22H20N4O9S. The Labute approximate surface area is 204 Å². The SMILES string of the molecule is COc1cc(C=NNc2ccc([N+](=O)[O-])cc2S(=O)(=O)Nc2ccccc2C(=O)O)cc(OC)c1O. The third kappa shape index (κ3) is 5.61. The lowest BCUT2D eigenvalue weighted by molar-refractivity contribution is -0.385. The molecule has 3 aromatic carbocycles. The molecule has 0 heterocycles. The van der Waals surface area contributed by atoms with E-state index in [0.717, 1.165) is 18.2 Å². The highest BCUT2D eigenvalue weighted by Gasteiger charge is 2.24. The number of sulfonamides is 1. The first kappa shape index (κ1) is 25.8. The summed E-state index contributed by atoms with van der Waals surface area (Å²) in [7, 11) is -1.82. The van der Waals surface area contributed by atoms with Crippen molar-refractivity contribution in [1.82, 2.24) is 0 Å². The molecule has 3 rings (SSSR count). The maximum absolute atomic E-state index is 13.1. The molecule has 0 saturated heterocycles. The predicted molar refractivity (Wildman–Crippen MR) is 130 cm³/mol. The van der Waals surface area contributed by atoms with Crippen LogP contribution >= 0.6 is 0 Å². The summed E-state index contributed by atoms with van der Waals surface area (Å²) in [5.74, 6) is -1.37. The number of non-ortho nitro benzene ring substituents is 1. The van der Waals surface area contributed by atoms with Gasteiger partial charge in [0.15, 0.2) is 11.5 Å². The average molecular weight is 516 g/mol. The van der Waals surface area contributed by atoms with Gasteiger partial charge in [0.05, 0.1) is 42.3 Å². The highest BCUT2D eigenvalue weighted by Crippen LogP contribution is 2.36. The van der Waals surface area contributed by atoms with E-state index in [1.54, 1.807) is 0 Å². The fourth-order valence-corrected chi connectivity index (χ4v) is 4.32. The van der Waals surface area contributed by atoms with Gasteiger partial charge in [-0.2, -0.15) is 5.10 Å². The first-order chi connectivity index (χ1) is 17.1. The van der Waals surface area contributed by atoms with Crippen LogP contribution in [0.1, 0.15) is 15.9 Å². The number of phenols is 1. The molecule has 0 amide bonds. The van der Waals surface area contributed by atoms with E-state index >= 15 is 0 Å². The van der Waals surface area contributed by atoms with Crippen LogP contribution in [0.5, 0.6) is 17.2 Å². The number of hydrazone groups is 1. The predicted octanol–water partition coefficient (Wildman–Crippen LogP) is 3.26. The van der Waals surface area contributed by atoms with Crippen LogP contribution in [0.2, 0.25) is 0 Å². The molecule has 188 valence electrons. The second-order valence-electron chi connectivity index (χ2n) is 7.04. The van der Waals surface area contributed by atoms with Gasteiger partial charge < -0.3 is 19.7 Å². The van der Waals surface area contributed by atoms with Crippen LogP contribution in [-0.4, -0.2) is 50.0 Å². The number of anilines is 2. The number of nitro groups is 1. The molecule has 0 fully saturated rings. The zero-order valence-electron chi connectivity index (χ0n) is 18.8. The number of nitro benzene ring substituents is 1. The Balaban J connectivity index is 1.99. The van der Waals surface area contributed by atoms with Crippen molar-refractivity contribution < 1.29 is 37.8 Å². The van der Waals surface area contributed by atoms with Crippen LogP contribution in [-0.2, 0) is 10.0 Å². The molecular weight excluding hydrogens is 496 g/mol. The van der Waals surface area contributed by atoms with Gasteiger partial charge in [0.2, 0.25) is 5.75 Å². The number of phenolic OH excluding ortho intramolecular Hbond substituents is 1. The first-order valence-electron chi connectivity index (χ1n) is 9.95. The fourth-order valence-electron chi connectivity index (χ4n) is 3.06. The summed E-state index contributed by atoms with van der Waals surface area (Å²) < 4.78 is 38.6. The molecule has 0 radical (unpaired) electrons. The van der Waals surface area contributed by atoms with E-state index in [2.05, 4.69) is 15.2 Å². The Morgan fingerprint density at radius 2 is 1.69 bits per heavy atom. The number of ether oxygens (including phenoxy) is 2. The Morgan fingerprint density at radius 3 is 2.28 bits per heavy atom. The van der Waals surface area contributed by atoms with Gasteiger partial charge in [-0.15, -0.1) is 0 Å². The van der Waals surface area contributed by atoms with Gasteiger partial charge >= 0.3 is 5.97 Å². The largest absolute Gasteiger partial charge is 0.502 e. The van der Waals surface area contributed by atoms with Crippen molar-refractivity contribution in [2.24, 2.45) is 5.10 Å². The van der Waals surface area contributed by atoms with Crippen molar-refractivity contribution in [3.05, 3.63) is 75.8 Å². The zero-order valence-corrected chi connectivity index (χ0v) is 19.6. The van der Waals surface area contributed by atoms with Crippen molar-refractivity contribution >= 4 is 39.3 Å². The summed E-state index contributed by atoms with van der Waals surface area (Å²) in [4.78, 5) is 21.4. The molecule has 0 spiro atoms. The van der Waals surface area contributed by atoms with Gasteiger partial charge in [0.25, 0.3) is 15.7 Å². The molecule has 4 N–H and O–H groups in total. The van der Waals surface area contributed by atoms with Crippen LogP contribution in [0.4, 0.5) is 17.1 Å². The van der Waals surface area contributed by atoms with Crippen molar-refractivity contribution in [2.45, 2.75) is 4.90 Å². The monoisotopic (exact) mass is 516 g/mol. The second kappa shape index (κ2) is 10.6. The number of hydrogen-bond donors (Lipinski definition) is 4. The lowest BCUT2D eigenvalue weighted by atomic mass is 10.2. The van der Waals surface area contributed by atoms with Gasteiger partial charge in [0.1, 0.15) is 4.90 Å². The molecule has 0 atom stereocenters. The zero-order chi connectivity index (χ0) is 26.5. The maximum atomic E-state index is 13.1. The lowest BCUT2D eigenvalue weighted by Gasteiger charge is -2.13. The number of para-hydroxylation sites is 1. The average Bonchev–Trinajstić information content (AvgIpc) is 2.84. The number of rotatable bonds is 10. The van der Waals surface area contributed by atoms with Crippen molar-refractivity contribution in [1.29, 1.82) is 0 Å². The Bertz CT molecular complexity index is 1430. The van der Waals surface area contributed by atoms with Gasteiger partial charge in [0, 0.05) is 17.7 Å². The second-order valence-corrected chi connectivity index (χ2v) is 8.69. The number of nitrogens with zero attached hydrogens (tertiary/aromatic N) is 2. The van der Waals surface area contributed by atoms with E-state index in [-0.39, 0.29) is 34.2 Å². The number of carbonyl (C=O) groups is 1. The summed E-state index contributed by atoms with van der Waals surface area (Å²) in [6.07, 6.45) is 1.27. The van der Waals surface area contributed by atoms with E-state index in [9.17, 15) is 33.5 Å². The highest BCUT2D eigenvalue weighted by atomic mass is 32.2. The van der Waals surface area contributed by atoms with Crippen LogP contribution in [0.3, 0.4) is 0 Å². The number of aromatic hydroxyl groups is 1. The first-order valence-corrected chi connectivity index (χ1v) is 11.4. The van der Waals surface area contributed by atoms with Crippen LogP contribution < -0.4 is 19.6 Å². The molecule has 13 nitrogen and oxygen atoms in total. The smallest absolute Gasteiger partial charge is 0.337 e. The minimum Gasteiger partial charge on any atom is -0.502 e. The highest BCUT2D eigenvalue weighted by molar-refractivity contribution is 7.93. The quantitative estimate of drug-likeness (QED) is 0.177. The van der Waals surface area contributed by atoms with E-state index in [4.69, 9.17) is 9.47 Å². The lowest BCUT2D eigenvalue weighted by Crippen LogP contribution is -2.17. The van der Waals surface area contributed by atoms with E-state index < -0.39 is 31.5 Å². The van der Waals surface area contributed by atoms with E-state index in [0.29, 0.717) is 5.56 Å². The van der Waals surface area contributed by atoms with Gasteiger partial charge in [-0.1, -0.05) is 12.1 Å².